The molecule has 31 heavy (non-hydrogen) atoms. The van der Waals surface area contributed by atoms with Crippen molar-refractivity contribution in [3.05, 3.63) is 33.7 Å². The van der Waals surface area contributed by atoms with E-state index >= 15 is 0 Å². The van der Waals surface area contributed by atoms with Gasteiger partial charge in [0.25, 0.3) is 0 Å². The largest absolute Gasteiger partial charge is 0.548 e. The summed E-state index contributed by atoms with van der Waals surface area (Å²) in [6, 6.07) is 2.00. The molecule has 0 aliphatic heterocycles. The van der Waals surface area contributed by atoms with Gasteiger partial charge in [0.2, 0.25) is 11.8 Å². The second-order valence-electron chi connectivity index (χ2n) is 7.26. The number of nitrogens with one attached hydrogen (secondary N) is 2. The Morgan fingerprint density at radius 2 is 1.71 bits per heavy atom. The average Bonchev–Trinajstić information content (AvgIpc) is 2.72. The van der Waals surface area contributed by atoms with Gasteiger partial charge < -0.3 is 34.4 Å². The Hall–Kier alpha value is -3.56. The van der Waals surface area contributed by atoms with Crippen LogP contribution in [0.2, 0.25) is 0 Å². The Morgan fingerprint density at radius 1 is 1.10 bits per heavy atom. The standard InChI is InChI=1S/C21H26N2O8/c1-10(2)19(20(26)27)23-18(25)9-22-17(24)7-13-11(3)12-6-15(29-4)16(30-5)8-14(12)31-21(13)28/h6,8,10,19H,7,9H2,1-5H3,(H,22,24)(H,23,25)(H,26,27)/p-1/t19-/m0/s1. The Balaban J connectivity index is 2.16. The van der Waals surface area contributed by atoms with Gasteiger partial charge in [0.05, 0.1) is 44.8 Å². The molecule has 0 bridgehead atoms. The van der Waals surface area contributed by atoms with Gasteiger partial charge in [0.1, 0.15) is 5.58 Å². The Morgan fingerprint density at radius 3 is 2.26 bits per heavy atom. The first kappa shape index (κ1) is 23.7. The van der Waals surface area contributed by atoms with Crippen LogP contribution in [0.25, 0.3) is 11.0 Å². The molecule has 168 valence electrons. The summed E-state index contributed by atoms with van der Waals surface area (Å²) in [7, 11) is 2.93. The van der Waals surface area contributed by atoms with Crippen LogP contribution in [-0.2, 0) is 20.8 Å². The van der Waals surface area contributed by atoms with Crippen LogP contribution in [0.15, 0.2) is 21.3 Å². The number of methoxy groups -OCH3 is 2. The molecule has 2 N–H and O–H groups in total. The number of carboxylic acids is 1. The highest BCUT2D eigenvalue weighted by Gasteiger charge is 2.20. The topological polar surface area (TPSA) is 147 Å². The number of aliphatic carboxylic acids is 1. The first-order valence-corrected chi connectivity index (χ1v) is 9.54. The molecule has 2 amide bonds. The molecule has 2 rings (SSSR count). The summed E-state index contributed by atoms with van der Waals surface area (Å²) in [5, 5.41) is 16.3. The van der Waals surface area contributed by atoms with Crippen LogP contribution in [0.4, 0.5) is 0 Å². The zero-order valence-corrected chi connectivity index (χ0v) is 18.0. The van der Waals surface area contributed by atoms with E-state index in [1.165, 1.54) is 20.3 Å². The Bertz CT molecular complexity index is 1060. The Kier molecular flexibility index (Phi) is 7.62. The van der Waals surface area contributed by atoms with Gasteiger partial charge in [-0.15, -0.1) is 0 Å². The summed E-state index contributed by atoms with van der Waals surface area (Å²) in [5.74, 6) is -2.25. The summed E-state index contributed by atoms with van der Waals surface area (Å²) in [6.07, 6.45) is -0.320. The SMILES string of the molecule is COc1cc2oc(=O)c(CC(=O)NCC(=O)N[C@H](C(=O)[O-])C(C)C)c(C)c2cc1OC. The predicted molar refractivity (Wildman–Crippen MR) is 109 cm³/mol. The maximum absolute atomic E-state index is 12.4. The van der Waals surface area contributed by atoms with Crippen LogP contribution in [0.5, 0.6) is 11.5 Å². The van der Waals surface area contributed by atoms with Crippen molar-refractivity contribution < 1.29 is 33.4 Å². The minimum atomic E-state index is -1.41. The quantitative estimate of drug-likeness (QED) is 0.511. The molecule has 0 saturated heterocycles. The van der Waals surface area contributed by atoms with Gasteiger partial charge in [-0.3, -0.25) is 9.59 Å². The molecule has 0 unspecified atom stereocenters. The fourth-order valence-electron chi connectivity index (χ4n) is 3.04. The first-order valence-electron chi connectivity index (χ1n) is 9.54. The lowest BCUT2D eigenvalue weighted by atomic mass is 10.0. The van der Waals surface area contributed by atoms with Crippen molar-refractivity contribution in [1.82, 2.24) is 10.6 Å². The van der Waals surface area contributed by atoms with Crippen LogP contribution in [0.3, 0.4) is 0 Å². The molecule has 0 aliphatic carbocycles. The van der Waals surface area contributed by atoms with E-state index in [1.807, 2.05) is 0 Å². The highest BCUT2D eigenvalue weighted by Crippen LogP contribution is 2.33. The normalized spacial score (nSPS) is 11.8. The molecule has 0 fully saturated rings. The summed E-state index contributed by atoms with van der Waals surface area (Å²) >= 11 is 0. The number of benzene rings is 1. The summed E-state index contributed by atoms with van der Waals surface area (Å²) in [5.41, 5.74) is 0.260. The molecule has 0 radical (unpaired) electrons. The van der Waals surface area contributed by atoms with E-state index in [1.54, 1.807) is 26.8 Å². The Labute approximate surface area is 178 Å². The third-order valence-corrected chi connectivity index (χ3v) is 4.81. The summed E-state index contributed by atoms with van der Waals surface area (Å²) in [4.78, 5) is 47.7. The highest BCUT2D eigenvalue weighted by atomic mass is 16.5. The zero-order valence-electron chi connectivity index (χ0n) is 18.0. The maximum Gasteiger partial charge on any atom is 0.340 e. The lowest BCUT2D eigenvalue weighted by Crippen LogP contribution is -2.53. The number of hydrogen-bond acceptors (Lipinski definition) is 8. The van der Waals surface area contributed by atoms with Gasteiger partial charge in [-0.2, -0.15) is 0 Å². The third-order valence-electron chi connectivity index (χ3n) is 4.81. The van der Waals surface area contributed by atoms with Crippen molar-refractivity contribution >= 4 is 28.8 Å². The number of carboxylic acid groups (broad SMARTS) is 1. The van der Waals surface area contributed by atoms with E-state index in [0.29, 0.717) is 22.4 Å². The molecule has 0 aliphatic rings. The van der Waals surface area contributed by atoms with E-state index in [4.69, 9.17) is 13.9 Å². The minimum Gasteiger partial charge on any atom is -0.548 e. The molecule has 1 aromatic carbocycles. The fourth-order valence-corrected chi connectivity index (χ4v) is 3.04. The number of rotatable bonds is 9. The second-order valence-corrected chi connectivity index (χ2v) is 7.26. The van der Waals surface area contributed by atoms with Crippen molar-refractivity contribution in [3.63, 3.8) is 0 Å². The molecule has 1 aromatic heterocycles. The van der Waals surface area contributed by atoms with Gasteiger partial charge in [0, 0.05) is 11.5 Å². The molecule has 10 heteroatoms. The third kappa shape index (κ3) is 5.53. The number of carbonyl (C=O) groups excluding carboxylic acids is 3. The lowest BCUT2D eigenvalue weighted by Gasteiger charge is -2.23. The molecule has 0 spiro atoms. The summed E-state index contributed by atoms with van der Waals surface area (Å²) < 4.78 is 15.8. The number of carbonyl (C=O) groups is 3. The van der Waals surface area contributed by atoms with Crippen molar-refractivity contribution in [1.29, 1.82) is 0 Å². The molecule has 2 aromatic rings. The lowest BCUT2D eigenvalue weighted by molar-refractivity contribution is -0.309. The van der Waals surface area contributed by atoms with Crippen LogP contribution < -0.4 is 30.8 Å². The van der Waals surface area contributed by atoms with E-state index in [-0.39, 0.29) is 23.5 Å². The zero-order chi connectivity index (χ0) is 23.3. The smallest absolute Gasteiger partial charge is 0.340 e. The van der Waals surface area contributed by atoms with Gasteiger partial charge in [-0.05, 0) is 24.5 Å². The fraction of sp³-hybridized carbons (Fsp3) is 0.429. The predicted octanol–water partition coefficient (Wildman–Crippen LogP) is -0.332. The molecule has 10 nitrogen and oxygen atoms in total. The van der Waals surface area contributed by atoms with Gasteiger partial charge >= 0.3 is 5.63 Å². The van der Waals surface area contributed by atoms with Gasteiger partial charge in [-0.1, -0.05) is 13.8 Å². The monoisotopic (exact) mass is 433 g/mol. The number of aryl methyl sites for hydroxylation is 1. The van der Waals surface area contributed by atoms with Crippen molar-refractivity contribution in [2.75, 3.05) is 20.8 Å². The number of ether oxygens (including phenoxy) is 2. The second kappa shape index (κ2) is 9.96. The maximum atomic E-state index is 12.4. The summed E-state index contributed by atoms with van der Waals surface area (Å²) in [6.45, 7) is 4.46. The number of fused-ring (bicyclic) bond motifs is 1. The van der Waals surface area contributed by atoms with Crippen molar-refractivity contribution in [2.45, 2.75) is 33.2 Å². The average molecular weight is 433 g/mol. The van der Waals surface area contributed by atoms with Crippen LogP contribution in [0.1, 0.15) is 25.0 Å². The molecular weight excluding hydrogens is 408 g/mol. The highest BCUT2D eigenvalue weighted by molar-refractivity contribution is 5.89. The van der Waals surface area contributed by atoms with E-state index in [0.717, 1.165) is 0 Å². The first-order chi connectivity index (χ1) is 14.6. The number of amides is 2. The molecule has 0 saturated carbocycles. The van der Waals surface area contributed by atoms with E-state index < -0.39 is 36.0 Å². The van der Waals surface area contributed by atoms with Crippen LogP contribution in [0, 0.1) is 12.8 Å². The van der Waals surface area contributed by atoms with Crippen LogP contribution in [-0.4, -0.2) is 44.6 Å². The molecular formula is C21H25N2O8-. The van der Waals surface area contributed by atoms with Crippen LogP contribution >= 0.6 is 0 Å². The van der Waals surface area contributed by atoms with Gasteiger partial charge in [-0.25, -0.2) is 4.79 Å². The van der Waals surface area contributed by atoms with Gasteiger partial charge in [0.15, 0.2) is 11.5 Å². The van der Waals surface area contributed by atoms with E-state index in [2.05, 4.69) is 10.6 Å². The minimum absolute atomic E-state index is 0.132. The van der Waals surface area contributed by atoms with E-state index in [9.17, 15) is 24.3 Å². The van der Waals surface area contributed by atoms with Crippen molar-refractivity contribution in [3.8, 4) is 11.5 Å². The number of hydrogen-bond donors (Lipinski definition) is 2. The molecule has 1 atom stereocenters. The molecule has 1 heterocycles. The van der Waals surface area contributed by atoms with Crippen molar-refractivity contribution in [2.24, 2.45) is 5.92 Å².